The third-order valence-electron chi connectivity index (χ3n) is 3.25. The van der Waals surface area contributed by atoms with E-state index in [9.17, 15) is 4.79 Å². The van der Waals surface area contributed by atoms with E-state index in [0.29, 0.717) is 5.57 Å². The molecule has 0 radical (unpaired) electrons. The van der Waals surface area contributed by atoms with E-state index in [4.69, 9.17) is 4.74 Å². The number of hydrogen-bond acceptors (Lipinski definition) is 2. The molecule has 0 aromatic heterocycles. The topological polar surface area (TPSA) is 26.3 Å². The lowest BCUT2D eigenvalue weighted by molar-refractivity contribution is -0.135. The molecule has 0 N–H and O–H groups in total. The first-order chi connectivity index (χ1) is 8.65. The maximum atomic E-state index is 11.6. The number of rotatable bonds is 2. The first-order valence-corrected chi connectivity index (χ1v) is 5.89. The van der Waals surface area contributed by atoms with E-state index < -0.39 is 0 Å². The normalized spacial score (nSPS) is 12.2. The maximum Gasteiger partial charge on any atom is 0.333 e. The molecule has 2 aromatic carbocycles. The van der Waals surface area contributed by atoms with Crippen molar-refractivity contribution < 1.29 is 9.53 Å². The molecule has 2 nitrogen and oxygen atoms in total. The summed E-state index contributed by atoms with van der Waals surface area (Å²) in [5, 5.41) is 2.33. The smallest absolute Gasteiger partial charge is 0.333 e. The maximum absolute atomic E-state index is 11.6. The van der Waals surface area contributed by atoms with Gasteiger partial charge in [0.05, 0.1) is 7.11 Å². The zero-order valence-corrected chi connectivity index (χ0v) is 10.9. The van der Waals surface area contributed by atoms with Gasteiger partial charge in [0.1, 0.15) is 0 Å². The molecule has 0 heterocycles. The van der Waals surface area contributed by atoms with Crippen LogP contribution in [0.1, 0.15) is 19.4 Å². The summed E-state index contributed by atoms with van der Waals surface area (Å²) in [4.78, 5) is 11.6. The molecule has 0 saturated carbocycles. The molecule has 0 aliphatic heterocycles. The number of methoxy groups -OCH3 is 1. The van der Waals surface area contributed by atoms with Crippen LogP contribution in [0.4, 0.5) is 0 Å². The summed E-state index contributed by atoms with van der Waals surface area (Å²) in [6, 6.07) is 14.3. The highest BCUT2D eigenvalue weighted by Crippen LogP contribution is 2.27. The van der Waals surface area contributed by atoms with Crippen molar-refractivity contribution in [3.8, 4) is 0 Å². The highest BCUT2D eigenvalue weighted by Gasteiger charge is 2.10. The second kappa shape index (κ2) is 5.05. The minimum absolute atomic E-state index is 0.277. The van der Waals surface area contributed by atoms with E-state index in [1.165, 1.54) is 12.5 Å². The van der Waals surface area contributed by atoms with Crippen molar-refractivity contribution in [2.24, 2.45) is 0 Å². The number of ether oxygens (including phenoxy) is 1. The molecule has 0 spiro atoms. The number of esters is 1. The number of fused-ring (bicyclic) bond motifs is 1. The number of hydrogen-bond donors (Lipinski definition) is 0. The van der Waals surface area contributed by atoms with E-state index in [1.807, 2.05) is 31.2 Å². The molecule has 0 atom stereocenters. The van der Waals surface area contributed by atoms with Gasteiger partial charge in [-0.15, -0.1) is 0 Å². The Bertz CT molecular complexity index is 619. The molecule has 0 unspecified atom stereocenters. The highest BCUT2D eigenvalue weighted by molar-refractivity contribution is 6.01. The van der Waals surface area contributed by atoms with Gasteiger partial charge < -0.3 is 4.74 Å². The molecule has 0 aliphatic rings. The fourth-order valence-corrected chi connectivity index (χ4v) is 2.06. The van der Waals surface area contributed by atoms with Crippen LogP contribution in [-0.4, -0.2) is 13.1 Å². The number of benzene rings is 2. The Morgan fingerprint density at radius 1 is 1.00 bits per heavy atom. The highest BCUT2D eigenvalue weighted by atomic mass is 16.5. The molecule has 0 saturated heterocycles. The lowest BCUT2D eigenvalue weighted by atomic mass is 9.96. The van der Waals surface area contributed by atoms with Crippen LogP contribution in [-0.2, 0) is 9.53 Å². The van der Waals surface area contributed by atoms with Crippen LogP contribution in [0, 0.1) is 0 Å². The van der Waals surface area contributed by atoms with Crippen molar-refractivity contribution in [3.05, 3.63) is 53.6 Å². The van der Waals surface area contributed by atoms with Crippen molar-refractivity contribution in [2.75, 3.05) is 7.11 Å². The van der Waals surface area contributed by atoms with Crippen LogP contribution >= 0.6 is 0 Å². The van der Waals surface area contributed by atoms with E-state index in [2.05, 4.69) is 18.2 Å². The Balaban J connectivity index is 2.65. The third kappa shape index (κ3) is 2.14. The molecule has 0 aliphatic carbocycles. The average Bonchev–Trinajstić information content (AvgIpc) is 2.44. The minimum Gasteiger partial charge on any atom is -0.466 e. The SMILES string of the molecule is COC(=O)C(C)=C(C)c1cccc2ccccc12. The van der Waals surface area contributed by atoms with Gasteiger partial charge in [0.25, 0.3) is 0 Å². The lowest BCUT2D eigenvalue weighted by Crippen LogP contribution is -2.03. The summed E-state index contributed by atoms with van der Waals surface area (Å²) in [6.07, 6.45) is 0. The zero-order chi connectivity index (χ0) is 13.1. The molecule has 0 amide bonds. The Morgan fingerprint density at radius 2 is 1.67 bits per heavy atom. The first kappa shape index (κ1) is 12.4. The second-order valence-electron chi connectivity index (χ2n) is 4.27. The van der Waals surface area contributed by atoms with E-state index >= 15 is 0 Å². The van der Waals surface area contributed by atoms with Crippen molar-refractivity contribution in [2.45, 2.75) is 13.8 Å². The van der Waals surface area contributed by atoms with E-state index in [-0.39, 0.29) is 5.97 Å². The first-order valence-electron chi connectivity index (χ1n) is 5.89. The third-order valence-corrected chi connectivity index (χ3v) is 3.25. The standard InChI is InChI=1S/C16H16O2/c1-11(12(2)16(17)18-3)14-10-6-8-13-7-4-5-9-15(13)14/h4-10H,1-3H3. The summed E-state index contributed by atoms with van der Waals surface area (Å²) in [5.41, 5.74) is 2.68. The molecule has 0 bridgehead atoms. The molecule has 0 fully saturated rings. The van der Waals surface area contributed by atoms with Gasteiger partial charge in [0, 0.05) is 5.57 Å². The number of carbonyl (C=O) groups is 1. The summed E-state index contributed by atoms with van der Waals surface area (Å²) < 4.78 is 4.77. The van der Waals surface area contributed by atoms with E-state index in [1.54, 1.807) is 6.92 Å². The molecule has 2 rings (SSSR count). The van der Waals surface area contributed by atoms with Crippen LogP contribution in [0.5, 0.6) is 0 Å². The summed E-state index contributed by atoms with van der Waals surface area (Å²) in [7, 11) is 1.40. The molecular formula is C16H16O2. The van der Waals surface area contributed by atoms with Gasteiger partial charge in [-0.3, -0.25) is 0 Å². The molecule has 2 aromatic rings. The van der Waals surface area contributed by atoms with Gasteiger partial charge in [-0.1, -0.05) is 42.5 Å². The predicted molar refractivity (Wildman–Crippen MR) is 74.2 cm³/mol. The zero-order valence-electron chi connectivity index (χ0n) is 10.9. The number of carbonyl (C=O) groups excluding carboxylic acids is 1. The minimum atomic E-state index is -0.277. The average molecular weight is 240 g/mol. The molecule has 2 heteroatoms. The Hall–Kier alpha value is -2.09. The van der Waals surface area contributed by atoms with Crippen LogP contribution in [0.3, 0.4) is 0 Å². The summed E-state index contributed by atoms with van der Waals surface area (Å²) >= 11 is 0. The van der Waals surface area contributed by atoms with Crippen molar-refractivity contribution in [1.82, 2.24) is 0 Å². The van der Waals surface area contributed by atoms with Crippen LogP contribution in [0.25, 0.3) is 16.3 Å². The Kier molecular flexibility index (Phi) is 3.47. The fourth-order valence-electron chi connectivity index (χ4n) is 2.06. The van der Waals surface area contributed by atoms with Crippen molar-refractivity contribution in [3.63, 3.8) is 0 Å². The van der Waals surface area contributed by atoms with Crippen LogP contribution in [0.15, 0.2) is 48.0 Å². The van der Waals surface area contributed by atoms with Crippen LogP contribution < -0.4 is 0 Å². The van der Waals surface area contributed by atoms with Gasteiger partial charge >= 0.3 is 5.97 Å². The van der Waals surface area contributed by atoms with Crippen LogP contribution in [0.2, 0.25) is 0 Å². The van der Waals surface area contributed by atoms with Gasteiger partial charge in [0.2, 0.25) is 0 Å². The second-order valence-corrected chi connectivity index (χ2v) is 4.27. The van der Waals surface area contributed by atoms with E-state index in [0.717, 1.165) is 16.5 Å². The Labute approximate surface area is 107 Å². The number of allylic oxidation sites excluding steroid dienone is 1. The fraction of sp³-hybridized carbons (Fsp3) is 0.188. The molecule has 18 heavy (non-hydrogen) atoms. The molecular weight excluding hydrogens is 224 g/mol. The summed E-state index contributed by atoms with van der Waals surface area (Å²) in [5.74, 6) is -0.277. The Morgan fingerprint density at radius 3 is 2.39 bits per heavy atom. The van der Waals surface area contributed by atoms with Gasteiger partial charge in [0.15, 0.2) is 0 Å². The lowest BCUT2D eigenvalue weighted by Gasteiger charge is -2.09. The van der Waals surface area contributed by atoms with Crippen molar-refractivity contribution in [1.29, 1.82) is 0 Å². The predicted octanol–water partition coefficient (Wildman–Crippen LogP) is 3.81. The van der Waals surface area contributed by atoms with Gasteiger partial charge in [-0.2, -0.15) is 0 Å². The largest absolute Gasteiger partial charge is 0.466 e. The summed E-state index contributed by atoms with van der Waals surface area (Å²) in [6.45, 7) is 3.75. The molecule has 92 valence electrons. The van der Waals surface area contributed by atoms with Gasteiger partial charge in [-0.05, 0) is 35.8 Å². The quantitative estimate of drug-likeness (QED) is 0.589. The van der Waals surface area contributed by atoms with Gasteiger partial charge in [-0.25, -0.2) is 4.79 Å². The monoisotopic (exact) mass is 240 g/mol. The van der Waals surface area contributed by atoms with Crippen molar-refractivity contribution >= 4 is 22.3 Å².